The van der Waals surface area contributed by atoms with Gasteiger partial charge in [-0.2, -0.15) is 0 Å². The number of aromatic nitrogens is 2. The van der Waals surface area contributed by atoms with Crippen molar-refractivity contribution < 1.29 is 9.53 Å². The first kappa shape index (κ1) is 30.8. The molecule has 1 amide bonds. The number of unbranched alkanes of at least 4 members (excludes halogenated alkanes) is 1. The van der Waals surface area contributed by atoms with E-state index in [9.17, 15) is 4.79 Å². The van der Waals surface area contributed by atoms with Gasteiger partial charge in [-0.3, -0.25) is 4.79 Å². The van der Waals surface area contributed by atoms with E-state index in [1.165, 1.54) is 5.69 Å². The smallest absolute Gasteiger partial charge is 0.223 e. The lowest BCUT2D eigenvalue weighted by Crippen LogP contribution is -2.44. The van der Waals surface area contributed by atoms with E-state index in [0.29, 0.717) is 26.1 Å². The molecule has 0 saturated carbocycles. The summed E-state index contributed by atoms with van der Waals surface area (Å²) >= 11 is 0. The Labute approximate surface area is 246 Å². The molecule has 0 unspecified atom stereocenters. The monoisotopic (exact) mass is 562 g/mol. The van der Waals surface area contributed by atoms with E-state index < -0.39 is 0 Å². The number of benzene rings is 2. The van der Waals surface area contributed by atoms with Gasteiger partial charge in [0, 0.05) is 55.1 Å². The van der Waals surface area contributed by atoms with E-state index in [2.05, 4.69) is 99.0 Å². The summed E-state index contributed by atoms with van der Waals surface area (Å²) < 4.78 is 6.44. The number of carbonyl (C=O) groups is 1. The number of nitrogens with two attached hydrogens (primary N) is 1. The van der Waals surface area contributed by atoms with Crippen LogP contribution in [0.5, 0.6) is 5.75 Å². The number of amides is 1. The van der Waals surface area contributed by atoms with Gasteiger partial charge in [-0.05, 0) is 67.6 Å². The fourth-order valence-electron chi connectivity index (χ4n) is 5.26. The Morgan fingerprint density at radius 1 is 1.00 bits per heavy atom. The van der Waals surface area contributed by atoms with Crippen LogP contribution in [-0.2, 0) is 15.6 Å². The van der Waals surface area contributed by atoms with Gasteiger partial charge in [-0.25, -0.2) is 4.98 Å². The Kier molecular flexibility index (Phi) is 9.65. The molecule has 0 atom stereocenters. The largest absolute Gasteiger partial charge is 0.492 e. The van der Waals surface area contributed by atoms with E-state index in [-0.39, 0.29) is 16.7 Å². The van der Waals surface area contributed by atoms with Crippen LogP contribution in [0, 0.1) is 0 Å². The van der Waals surface area contributed by atoms with Crippen LogP contribution in [-0.4, -0.2) is 73.7 Å². The average Bonchev–Trinajstić information content (AvgIpc) is 3.34. The summed E-state index contributed by atoms with van der Waals surface area (Å²) in [5.41, 5.74) is 11.7. The second-order valence-corrected chi connectivity index (χ2v) is 13.4. The molecular formula is C33H50N6O2. The molecule has 0 radical (unpaired) electrons. The summed E-state index contributed by atoms with van der Waals surface area (Å²) in [5, 5.41) is 2.97. The second-order valence-electron chi connectivity index (χ2n) is 13.4. The van der Waals surface area contributed by atoms with E-state index in [0.717, 1.165) is 78.3 Å². The third-order valence-corrected chi connectivity index (χ3v) is 7.84. The first-order valence-corrected chi connectivity index (χ1v) is 15.1. The number of ether oxygens (including phenoxy) is 1. The minimum Gasteiger partial charge on any atom is -0.492 e. The lowest BCUT2D eigenvalue weighted by Gasteiger charge is -2.34. The topological polar surface area (TPSA) is 99.5 Å². The van der Waals surface area contributed by atoms with Crippen LogP contribution < -0.4 is 20.7 Å². The van der Waals surface area contributed by atoms with Crippen LogP contribution in [0.2, 0.25) is 0 Å². The molecule has 8 nitrogen and oxygen atoms in total. The van der Waals surface area contributed by atoms with E-state index >= 15 is 0 Å². The Balaban J connectivity index is 1.63. The lowest BCUT2D eigenvalue weighted by molar-refractivity contribution is -0.121. The number of hydrogen-bond acceptors (Lipinski definition) is 6. The molecule has 0 bridgehead atoms. The fraction of sp³-hybridized carbons (Fsp3) is 0.576. The predicted molar refractivity (Wildman–Crippen MR) is 170 cm³/mol. The van der Waals surface area contributed by atoms with Crippen LogP contribution in [0.15, 0.2) is 30.3 Å². The number of nitrogens with zero attached hydrogens (tertiary/aromatic N) is 3. The molecule has 0 aliphatic carbocycles. The quantitative estimate of drug-likeness (QED) is 0.294. The summed E-state index contributed by atoms with van der Waals surface area (Å²) in [6.45, 7) is 19.1. The molecule has 8 heteroatoms. The number of hydrogen-bond donors (Lipinski definition) is 3. The lowest BCUT2D eigenvalue weighted by atomic mass is 9.78. The number of likely N-dealkylation sites (N-methyl/N-ethyl adjacent to an activating group) is 1. The Morgan fingerprint density at radius 2 is 1.66 bits per heavy atom. The Bertz CT molecular complexity index is 1290. The van der Waals surface area contributed by atoms with Gasteiger partial charge in [0.25, 0.3) is 0 Å². The van der Waals surface area contributed by atoms with Crippen molar-refractivity contribution in [1.82, 2.24) is 20.2 Å². The van der Waals surface area contributed by atoms with Crippen molar-refractivity contribution in [3.05, 3.63) is 41.5 Å². The highest BCUT2D eigenvalue weighted by Crippen LogP contribution is 2.43. The summed E-state index contributed by atoms with van der Waals surface area (Å²) in [5.74, 6) is 1.74. The van der Waals surface area contributed by atoms with Crippen LogP contribution in [0.3, 0.4) is 0 Å². The highest BCUT2D eigenvalue weighted by atomic mass is 16.5. The van der Waals surface area contributed by atoms with Crippen molar-refractivity contribution in [2.24, 2.45) is 5.73 Å². The number of imidazole rings is 1. The van der Waals surface area contributed by atoms with Crippen molar-refractivity contribution in [2.45, 2.75) is 71.6 Å². The molecule has 4 rings (SSSR count). The van der Waals surface area contributed by atoms with Crippen molar-refractivity contribution in [3.63, 3.8) is 0 Å². The molecule has 3 aromatic rings. The molecule has 1 aromatic heterocycles. The van der Waals surface area contributed by atoms with E-state index in [4.69, 9.17) is 15.5 Å². The van der Waals surface area contributed by atoms with Gasteiger partial charge in [0.05, 0.1) is 24.1 Å². The number of anilines is 1. The maximum atomic E-state index is 12.4. The van der Waals surface area contributed by atoms with Gasteiger partial charge in [-0.1, -0.05) is 41.5 Å². The van der Waals surface area contributed by atoms with Crippen LogP contribution in [0.25, 0.3) is 22.4 Å². The van der Waals surface area contributed by atoms with Crippen molar-refractivity contribution in [2.75, 3.05) is 57.8 Å². The van der Waals surface area contributed by atoms with Gasteiger partial charge in [-0.15, -0.1) is 0 Å². The van der Waals surface area contributed by atoms with Gasteiger partial charge in [0.15, 0.2) is 0 Å². The molecule has 224 valence electrons. The maximum absolute atomic E-state index is 12.4. The predicted octanol–water partition coefficient (Wildman–Crippen LogP) is 5.20. The van der Waals surface area contributed by atoms with Gasteiger partial charge in [0.2, 0.25) is 5.91 Å². The zero-order valence-electron chi connectivity index (χ0n) is 26.2. The number of H-pyrrole nitrogens is 1. The Hall–Kier alpha value is -3.10. The Morgan fingerprint density at radius 3 is 2.27 bits per heavy atom. The van der Waals surface area contributed by atoms with E-state index in [1.807, 2.05) is 0 Å². The molecule has 2 heterocycles. The fourth-order valence-corrected chi connectivity index (χ4v) is 5.26. The number of piperazine rings is 1. The number of aromatic amines is 1. The number of fused-ring (bicyclic) bond motifs is 1. The van der Waals surface area contributed by atoms with Crippen LogP contribution >= 0.6 is 0 Å². The molecule has 4 N–H and O–H groups in total. The summed E-state index contributed by atoms with van der Waals surface area (Å²) in [7, 11) is 2.18. The van der Waals surface area contributed by atoms with Crippen molar-refractivity contribution >= 4 is 22.6 Å². The maximum Gasteiger partial charge on any atom is 0.223 e. The average molecular weight is 563 g/mol. The van der Waals surface area contributed by atoms with Gasteiger partial charge < -0.3 is 30.6 Å². The summed E-state index contributed by atoms with van der Waals surface area (Å²) in [6, 6.07) is 10.9. The highest BCUT2D eigenvalue weighted by Gasteiger charge is 2.29. The zero-order valence-corrected chi connectivity index (χ0v) is 26.2. The molecule has 41 heavy (non-hydrogen) atoms. The van der Waals surface area contributed by atoms with Crippen LogP contribution in [0.4, 0.5) is 5.69 Å². The zero-order chi connectivity index (χ0) is 29.8. The molecular weight excluding hydrogens is 512 g/mol. The molecule has 2 aromatic carbocycles. The summed E-state index contributed by atoms with van der Waals surface area (Å²) in [4.78, 5) is 25.8. The van der Waals surface area contributed by atoms with Crippen LogP contribution in [0.1, 0.15) is 71.9 Å². The minimum atomic E-state index is -0.170. The molecule has 1 aliphatic rings. The van der Waals surface area contributed by atoms with Crippen molar-refractivity contribution in [1.29, 1.82) is 0 Å². The number of nitrogens with one attached hydrogen (secondary N) is 2. The third kappa shape index (κ3) is 7.80. The molecule has 1 aliphatic heterocycles. The highest BCUT2D eigenvalue weighted by molar-refractivity contribution is 5.83. The first-order valence-electron chi connectivity index (χ1n) is 15.1. The minimum absolute atomic E-state index is 0.00600. The SMILES string of the molecule is CN1CCN(c2ccc3nc(-c4cc(C(C)(C)C)c(OCCC(=O)NCCCCN)c(C(C)(C)C)c4)[nH]c3c2)CC1. The van der Waals surface area contributed by atoms with E-state index in [1.54, 1.807) is 0 Å². The standard InChI is InChI=1S/C33H50N6O2/c1-32(2,3)25-20-23(21-26(33(4,5)6)30(25)41-19-12-29(40)35-14-9-8-13-34)31-36-27-11-10-24(22-28(27)37-31)39-17-15-38(7)16-18-39/h10-11,20-22H,8-9,12-19,34H2,1-7H3,(H,35,40)(H,36,37). The number of rotatable bonds is 10. The molecule has 1 saturated heterocycles. The normalized spacial score (nSPS) is 15.0. The van der Waals surface area contributed by atoms with Crippen molar-refractivity contribution in [3.8, 4) is 17.1 Å². The number of carbonyl (C=O) groups excluding carboxylic acids is 1. The molecule has 1 fully saturated rings. The first-order chi connectivity index (χ1) is 19.4. The third-order valence-electron chi connectivity index (χ3n) is 7.84. The molecule has 0 spiro atoms. The van der Waals surface area contributed by atoms with Gasteiger partial charge >= 0.3 is 0 Å². The summed E-state index contributed by atoms with van der Waals surface area (Å²) in [6.07, 6.45) is 2.12. The second kappa shape index (κ2) is 12.8. The van der Waals surface area contributed by atoms with Gasteiger partial charge in [0.1, 0.15) is 11.6 Å².